The molecular weight excluding hydrogens is 222 g/mol. The van der Waals surface area contributed by atoms with Crippen LogP contribution in [-0.2, 0) is 20.9 Å². The second-order valence-electron chi connectivity index (χ2n) is 2.93. The molecule has 0 saturated heterocycles. The van der Waals surface area contributed by atoms with E-state index in [0.717, 1.165) is 6.42 Å². The molecule has 0 spiro atoms. The topological polar surface area (TPSA) is 69.4 Å². The van der Waals surface area contributed by atoms with Gasteiger partial charge in [-0.1, -0.05) is 0 Å². The zero-order valence-corrected chi connectivity index (χ0v) is 9.53. The van der Waals surface area contributed by atoms with Crippen LogP contribution in [0.15, 0.2) is 12.1 Å². The molecule has 4 nitrogen and oxygen atoms in total. The van der Waals surface area contributed by atoms with Crippen molar-refractivity contribution in [3.63, 3.8) is 0 Å². The van der Waals surface area contributed by atoms with Gasteiger partial charge in [0, 0.05) is 9.75 Å². The maximum atomic E-state index is 10.4. The predicted octanol–water partition coefficient (Wildman–Crippen LogP) is 1.21. The fourth-order valence-corrected chi connectivity index (χ4v) is 2.32. The van der Waals surface area contributed by atoms with E-state index in [1.165, 1.54) is 9.75 Å². The van der Waals surface area contributed by atoms with Crippen LogP contribution in [0.3, 0.4) is 0 Å². The zero-order valence-electron chi connectivity index (χ0n) is 7.89. The Morgan fingerprint density at radius 3 is 2.71 bits per heavy atom. The molecule has 1 heterocycles. The first-order chi connectivity index (χ1) is 6.47. The highest BCUT2D eigenvalue weighted by atomic mass is 32.2. The average molecular weight is 235 g/mol. The lowest BCUT2D eigenvalue weighted by Gasteiger charge is -1.99. The van der Waals surface area contributed by atoms with Crippen molar-refractivity contribution in [1.82, 2.24) is 0 Å². The molecule has 0 saturated carbocycles. The summed E-state index contributed by atoms with van der Waals surface area (Å²) in [5.74, 6) is 0. The van der Waals surface area contributed by atoms with Gasteiger partial charge in [0.15, 0.2) is 0 Å². The lowest BCUT2D eigenvalue weighted by Crippen LogP contribution is -2.16. The van der Waals surface area contributed by atoms with Crippen molar-refractivity contribution in [1.29, 1.82) is 0 Å². The van der Waals surface area contributed by atoms with Gasteiger partial charge in [0.05, 0.1) is 6.61 Å². The van der Waals surface area contributed by atoms with Crippen molar-refractivity contribution < 1.29 is 12.6 Å². The molecule has 0 fully saturated rings. The minimum absolute atomic E-state index is 0.149. The van der Waals surface area contributed by atoms with Gasteiger partial charge in [-0.15, -0.1) is 11.3 Å². The summed E-state index contributed by atoms with van der Waals surface area (Å²) < 4.78 is 25.2. The van der Waals surface area contributed by atoms with E-state index >= 15 is 0 Å². The maximum Gasteiger partial charge on any atom is 0.333 e. The summed E-state index contributed by atoms with van der Waals surface area (Å²) in [5.41, 5.74) is 0. The Kier molecular flexibility index (Phi) is 4.06. The Morgan fingerprint density at radius 1 is 1.50 bits per heavy atom. The van der Waals surface area contributed by atoms with Crippen molar-refractivity contribution in [3.8, 4) is 0 Å². The van der Waals surface area contributed by atoms with Gasteiger partial charge < -0.3 is 0 Å². The molecule has 14 heavy (non-hydrogen) atoms. The number of aryl methyl sites for hydroxylation is 2. The van der Waals surface area contributed by atoms with Gasteiger partial charge in [-0.3, -0.25) is 4.18 Å². The zero-order chi connectivity index (χ0) is 10.6. The second kappa shape index (κ2) is 4.88. The van der Waals surface area contributed by atoms with Crippen molar-refractivity contribution in [2.75, 3.05) is 6.61 Å². The Hall–Kier alpha value is -0.430. The van der Waals surface area contributed by atoms with Crippen LogP contribution in [0.4, 0.5) is 0 Å². The molecule has 0 aliphatic carbocycles. The molecule has 1 aromatic heterocycles. The minimum atomic E-state index is -3.77. The molecule has 1 rings (SSSR count). The van der Waals surface area contributed by atoms with Crippen LogP contribution in [0.2, 0.25) is 0 Å². The third-order valence-electron chi connectivity index (χ3n) is 1.61. The molecule has 0 radical (unpaired) electrons. The van der Waals surface area contributed by atoms with Crippen LogP contribution >= 0.6 is 11.3 Å². The molecule has 6 heteroatoms. The first-order valence-corrected chi connectivity index (χ1v) is 6.48. The molecule has 2 N–H and O–H groups in total. The summed E-state index contributed by atoms with van der Waals surface area (Å²) in [7, 11) is -3.77. The third-order valence-corrected chi connectivity index (χ3v) is 3.17. The van der Waals surface area contributed by atoms with Crippen molar-refractivity contribution in [2.24, 2.45) is 5.14 Å². The Balaban J connectivity index is 2.23. The van der Waals surface area contributed by atoms with E-state index < -0.39 is 10.3 Å². The Morgan fingerprint density at radius 2 is 2.21 bits per heavy atom. The van der Waals surface area contributed by atoms with Crippen molar-refractivity contribution in [3.05, 3.63) is 21.9 Å². The molecule has 0 aromatic carbocycles. The fraction of sp³-hybridized carbons (Fsp3) is 0.500. The van der Waals surface area contributed by atoms with Gasteiger partial charge in [0.25, 0.3) is 0 Å². The van der Waals surface area contributed by atoms with Crippen LogP contribution in [0.25, 0.3) is 0 Å². The normalized spacial score (nSPS) is 11.9. The monoisotopic (exact) mass is 235 g/mol. The summed E-state index contributed by atoms with van der Waals surface area (Å²) in [6.45, 7) is 2.19. The number of nitrogens with two attached hydrogens (primary N) is 1. The summed E-state index contributed by atoms with van der Waals surface area (Å²) in [6, 6.07) is 4.08. The van der Waals surface area contributed by atoms with Crippen LogP contribution in [0.5, 0.6) is 0 Å². The van der Waals surface area contributed by atoms with E-state index in [9.17, 15) is 8.42 Å². The Bertz CT molecular complexity index is 383. The van der Waals surface area contributed by atoms with Gasteiger partial charge in [0.2, 0.25) is 0 Å². The highest BCUT2D eigenvalue weighted by Crippen LogP contribution is 2.16. The van der Waals surface area contributed by atoms with E-state index in [2.05, 4.69) is 9.32 Å². The van der Waals surface area contributed by atoms with E-state index in [-0.39, 0.29) is 6.61 Å². The molecule has 80 valence electrons. The molecular formula is C8H13NO3S2. The highest BCUT2D eigenvalue weighted by Gasteiger charge is 2.02. The second-order valence-corrected chi connectivity index (χ2v) is 5.52. The summed E-state index contributed by atoms with van der Waals surface area (Å²) >= 11 is 1.71. The third kappa shape index (κ3) is 4.71. The molecule has 1 aromatic rings. The molecule has 0 aliphatic rings. The molecule has 0 unspecified atom stereocenters. The molecule has 0 bridgehead atoms. The largest absolute Gasteiger partial charge is 0.333 e. The molecule has 0 atom stereocenters. The number of hydrogen-bond donors (Lipinski definition) is 1. The standard InChI is InChI=1S/C8H13NO3S2/c1-7-4-5-8(13-7)3-2-6-12-14(9,10)11/h4-5H,2-3,6H2,1H3,(H2,9,10,11). The van der Waals surface area contributed by atoms with Gasteiger partial charge in [0.1, 0.15) is 0 Å². The number of thiophene rings is 1. The first kappa shape index (κ1) is 11.6. The van der Waals surface area contributed by atoms with Crippen LogP contribution in [-0.4, -0.2) is 15.0 Å². The highest BCUT2D eigenvalue weighted by molar-refractivity contribution is 7.84. The van der Waals surface area contributed by atoms with E-state index in [1.807, 2.05) is 19.1 Å². The van der Waals surface area contributed by atoms with E-state index in [1.54, 1.807) is 11.3 Å². The summed E-state index contributed by atoms with van der Waals surface area (Å²) in [5, 5.41) is 4.67. The van der Waals surface area contributed by atoms with Crippen LogP contribution in [0.1, 0.15) is 16.2 Å². The van der Waals surface area contributed by atoms with Gasteiger partial charge >= 0.3 is 10.3 Å². The fourth-order valence-electron chi connectivity index (χ4n) is 1.04. The first-order valence-electron chi connectivity index (χ1n) is 4.20. The van der Waals surface area contributed by atoms with Gasteiger partial charge in [-0.05, 0) is 31.9 Å². The number of rotatable bonds is 5. The maximum absolute atomic E-state index is 10.4. The smallest absolute Gasteiger partial charge is 0.258 e. The lowest BCUT2D eigenvalue weighted by molar-refractivity contribution is 0.313. The van der Waals surface area contributed by atoms with E-state index in [0.29, 0.717) is 6.42 Å². The quantitative estimate of drug-likeness (QED) is 0.780. The number of hydrogen-bond acceptors (Lipinski definition) is 4. The minimum Gasteiger partial charge on any atom is -0.258 e. The van der Waals surface area contributed by atoms with Crippen molar-refractivity contribution >= 4 is 21.6 Å². The molecule has 0 aliphatic heterocycles. The van der Waals surface area contributed by atoms with Gasteiger partial charge in [-0.2, -0.15) is 8.42 Å². The van der Waals surface area contributed by atoms with Crippen LogP contribution in [0, 0.1) is 6.92 Å². The summed E-state index contributed by atoms with van der Waals surface area (Å²) in [6.07, 6.45) is 1.49. The van der Waals surface area contributed by atoms with Crippen LogP contribution < -0.4 is 5.14 Å². The SMILES string of the molecule is Cc1ccc(CCCOS(N)(=O)=O)s1. The average Bonchev–Trinajstić information content (AvgIpc) is 2.44. The molecule has 0 amide bonds. The predicted molar refractivity (Wildman–Crippen MR) is 56.4 cm³/mol. The Labute approximate surface area is 88.0 Å². The summed E-state index contributed by atoms with van der Waals surface area (Å²) in [4.78, 5) is 2.49. The lowest BCUT2D eigenvalue weighted by atomic mass is 10.3. The van der Waals surface area contributed by atoms with Crippen molar-refractivity contribution in [2.45, 2.75) is 19.8 Å². The van der Waals surface area contributed by atoms with E-state index in [4.69, 9.17) is 0 Å². The van der Waals surface area contributed by atoms with Gasteiger partial charge in [-0.25, -0.2) is 5.14 Å².